The number of fused-ring (bicyclic) bond motifs is 1. The number of aromatic hydroxyl groups is 1. The number of aromatic nitrogens is 2. The molecule has 7 nitrogen and oxygen atoms in total. The Labute approximate surface area is 189 Å². The van der Waals surface area contributed by atoms with Crippen LogP contribution in [-0.4, -0.2) is 65.9 Å². The Morgan fingerprint density at radius 1 is 0.938 bits per heavy atom. The lowest BCUT2D eigenvalue weighted by Gasteiger charge is -2.35. The Balaban J connectivity index is 1.17. The van der Waals surface area contributed by atoms with Crippen molar-refractivity contribution < 1.29 is 14.6 Å². The van der Waals surface area contributed by atoms with E-state index in [1.54, 1.807) is 6.07 Å². The van der Waals surface area contributed by atoms with Gasteiger partial charge in [0.2, 0.25) is 5.88 Å². The first-order valence-corrected chi connectivity index (χ1v) is 11.5. The van der Waals surface area contributed by atoms with Crippen LogP contribution in [-0.2, 0) is 0 Å². The molecule has 1 aromatic carbocycles. The Morgan fingerprint density at radius 3 is 2.66 bits per heavy atom. The van der Waals surface area contributed by atoms with Crippen molar-refractivity contribution in [1.29, 1.82) is 0 Å². The first-order chi connectivity index (χ1) is 15.7. The van der Waals surface area contributed by atoms with Crippen LogP contribution in [0.1, 0.15) is 26.2 Å². The second kappa shape index (κ2) is 11.0. The fourth-order valence-electron chi connectivity index (χ4n) is 3.94. The van der Waals surface area contributed by atoms with Crippen LogP contribution in [0.25, 0.3) is 10.9 Å². The highest BCUT2D eigenvalue weighted by Gasteiger charge is 2.20. The number of phenolic OH excluding ortho intramolecular Hbond substituents is 1. The molecular weight excluding hydrogens is 404 g/mol. The summed E-state index contributed by atoms with van der Waals surface area (Å²) in [4.78, 5) is 13.8. The summed E-state index contributed by atoms with van der Waals surface area (Å²) in [6.45, 7) is 8.48. The molecule has 0 aliphatic carbocycles. The molecule has 0 saturated carbocycles. The summed E-state index contributed by atoms with van der Waals surface area (Å²) in [5.74, 6) is 2.59. The predicted molar refractivity (Wildman–Crippen MR) is 127 cm³/mol. The second-order valence-electron chi connectivity index (χ2n) is 8.06. The summed E-state index contributed by atoms with van der Waals surface area (Å²) in [5, 5.41) is 10.9. The molecule has 4 rings (SSSR count). The van der Waals surface area contributed by atoms with Crippen molar-refractivity contribution in [2.45, 2.75) is 26.2 Å². The monoisotopic (exact) mass is 436 g/mol. The van der Waals surface area contributed by atoms with Gasteiger partial charge in [0.25, 0.3) is 0 Å². The minimum Gasteiger partial charge on any atom is -0.506 e. The lowest BCUT2D eigenvalue weighted by Crippen LogP contribution is -2.47. The lowest BCUT2D eigenvalue weighted by molar-refractivity contribution is 0.235. The molecule has 3 aromatic rings. The molecule has 0 atom stereocenters. The van der Waals surface area contributed by atoms with E-state index in [9.17, 15) is 5.11 Å². The van der Waals surface area contributed by atoms with E-state index in [1.165, 1.54) is 0 Å². The first-order valence-electron chi connectivity index (χ1n) is 11.5. The molecule has 1 aliphatic heterocycles. The molecule has 0 amide bonds. The normalized spacial score (nSPS) is 14.6. The van der Waals surface area contributed by atoms with E-state index in [-0.39, 0.29) is 5.75 Å². The first kappa shape index (κ1) is 22.1. The summed E-state index contributed by atoms with van der Waals surface area (Å²) in [7, 11) is 0. The quantitative estimate of drug-likeness (QED) is 0.480. The Hall–Kier alpha value is -3.06. The molecule has 7 heteroatoms. The molecule has 3 heterocycles. The van der Waals surface area contributed by atoms with Crippen molar-refractivity contribution in [1.82, 2.24) is 14.9 Å². The van der Waals surface area contributed by atoms with Crippen molar-refractivity contribution in [3.63, 3.8) is 0 Å². The number of phenols is 1. The molecule has 32 heavy (non-hydrogen) atoms. The number of benzene rings is 1. The van der Waals surface area contributed by atoms with Gasteiger partial charge in [-0.15, -0.1) is 0 Å². The molecule has 0 unspecified atom stereocenters. The van der Waals surface area contributed by atoms with E-state index >= 15 is 0 Å². The number of anilines is 1. The van der Waals surface area contributed by atoms with Gasteiger partial charge < -0.3 is 19.5 Å². The Bertz CT molecular complexity index is 1010. The van der Waals surface area contributed by atoms with Gasteiger partial charge in [-0.05, 0) is 50.1 Å². The molecule has 170 valence electrons. The average molecular weight is 437 g/mol. The van der Waals surface area contributed by atoms with Crippen LogP contribution in [0.5, 0.6) is 17.4 Å². The van der Waals surface area contributed by atoms with Crippen molar-refractivity contribution >= 4 is 16.7 Å². The number of ether oxygens (including phenoxy) is 2. The van der Waals surface area contributed by atoms with E-state index in [4.69, 9.17) is 9.47 Å². The van der Waals surface area contributed by atoms with Crippen LogP contribution in [0.15, 0.2) is 48.7 Å². The van der Waals surface area contributed by atoms with Gasteiger partial charge in [0.05, 0.1) is 13.2 Å². The van der Waals surface area contributed by atoms with Crippen LogP contribution in [0, 0.1) is 0 Å². The zero-order valence-electron chi connectivity index (χ0n) is 18.7. The highest BCUT2D eigenvalue weighted by atomic mass is 16.5. The third-order valence-corrected chi connectivity index (χ3v) is 5.68. The van der Waals surface area contributed by atoms with E-state index in [0.29, 0.717) is 18.0 Å². The maximum atomic E-state index is 9.96. The largest absolute Gasteiger partial charge is 0.506 e. The topological polar surface area (TPSA) is 71.0 Å². The zero-order chi connectivity index (χ0) is 22.2. The molecule has 0 spiro atoms. The Morgan fingerprint density at radius 2 is 1.81 bits per heavy atom. The smallest absolute Gasteiger partial charge is 0.213 e. The summed E-state index contributed by atoms with van der Waals surface area (Å²) in [6.07, 6.45) is 4.88. The fraction of sp³-hybridized carbons (Fsp3) is 0.440. The highest BCUT2D eigenvalue weighted by Crippen LogP contribution is 2.27. The number of pyridine rings is 2. The van der Waals surface area contributed by atoms with Crippen LogP contribution in [0.4, 0.5) is 5.82 Å². The predicted octanol–water partition coefficient (Wildman–Crippen LogP) is 4.11. The third-order valence-electron chi connectivity index (χ3n) is 5.68. The summed E-state index contributed by atoms with van der Waals surface area (Å²) in [5.41, 5.74) is 0.582. The fourth-order valence-corrected chi connectivity index (χ4v) is 3.94. The summed E-state index contributed by atoms with van der Waals surface area (Å²) >= 11 is 0. The van der Waals surface area contributed by atoms with Crippen LogP contribution in [0.3, 0.4) is 0 Å². The molecule has 0 bridgehead atoms. The number of hydrogen-bond donors (Lipinski definition) is 1. The number of piperazine rings is 1. The van der Waals surface area contributed by atoms with Gasteiger partial charge in [0, 0.05) is 43.8 Å². The van der Waals surface area contributed by atoms with Crippen molar-refractivity contribution in [2.24, 2.45) is 0 Å². The second-order valence-corrected chi connectivity index (χ2v) is 8.06. The van der Waals surface area contributed by atoms with Crippen LogP contribution in [0.2, 0.25) is 0 Å². The summed E-state index contributed by atoms with van der Waals surface area (Å²) < 4.78 is 11.7. The van der Waals surface area contributed by atoms with Crippen LogP contribution >= 0.6 is 0 Å². The van der Waals surface area contributed by atoms with Gasteiger partial charge in [-0.3, -0.25) is 4.90 Å². The molecule has 1 aliphatic rings. The minimum atomic E-state index is 0.182. The molecular formula is C25H32N4O3. The van der Waals surface area contributed by atoms with Crippen molar-refractivity contribution in [3.8, 4) is 17.4 Å². The molecule has 1 saturated heterocycles. The summed E-state index contributed by atoms with van der Waals surface area (Å²) in [6, 6.07) is 13.1. The minimum absolute atomic E-state index is 0.182. The molecule has 0 radical (unpaired) electrons. The maximum Gasteiger partial charge on any atom is 0.213 e. The SMILES string of the molecule is CCCOc1cccnc1N1CCN(CCCCOc2ccc3cccc(O)c3n2)CC1. The number of hydrogen-bond acceptors (Lipinski definition) is 7. The van der Waals surface area contributed by atoms with Crippen molar-refractivity contribution in [2.75, 3.05) is 50.8 Å². The highest BCUT2D eigenvalue weighted by molar-refractivity contribution is 5.84. The Kier molecular flexibility index (Phi) is 7.61. The van der Waals surface area contributed by atoms with Crippen LogP contribution < -0.4 is 14.4 Å². The van der Waals surface area contributed by atoms with Crippen molar-refractivity contribution in [3.05, 3.63) is 48.7 Å². The molecule has 1 N–H and O–H groups in total. The standard InChI is InChI=1S/C25H32N4O3/c1-2-18-31-22-9-6-12-26-25(22)29-16-14-28(15-17-29)13-3-4-19-32-23-11-10-20-7-5-8-21(30)24(20)27-23/h5-12,30H,2-4,13-19H2,1H3. The average Bonchev–Trinajstić information content (AvgIpc) is 2.83. The number of rotatable bonds is 10. The van der Waals surface area contributed by atoms with E-state index in [1.807, 2.05) is 42.6 Å². The van der Waals surface area contributed by atoms with Gasteiger partial charge in [-0.1, -0.05) is 19.1 Å². The molecule has 2 aromatic heterocycles. The van der Waals surface area contributed by atoms with E-state index in [2.05, 4.69) is 26.7 Å². The zero-order valence-corrected chi connectivity index (χ0v) is 18.7. The number of nitrogens with zero attached hydrogens (tertiary/aromatic N) is 4. The molecule has 1 fully saturated rings. The number of unbranched alkanes of at least 4 members (excludes halogenated alkanes) is 1. The third kappa shape index (κ3) is 5.59. The van der Waals surface area contributed by atoms with Gasteiger partial charge >= 0.3 is 0 Å². The number of para-hydroxylation sites is 1. The van der Waals surface area contributed by atoms with E-state index in [0.717, 1.165) is 75.5 Å². The van der Waals surface area contributed by atoms with Gasteiger partial charge in [-0.2, -0.15) is 0 Å². The maximum absolute atomic E-state index is 9.96. The van der Waals surface area contributed by atoms with Gasteiger partial charge in [0.15, 0.2) is 11.6 Å². The van der Waals surface area contributed by atoms with Gasteiger partial charge in [0.1, 0.15) is 11.3 Å². The van der Waals surface area contributed by atoms with Gasteiger partial charge in [-0.25, -0.2) is 9.97 Å². The lowest BCUT2D eigenvalue weighted by atomic mass is 10.2. The van der Waals surface area contributed by atoms with E-state index < -0.39 is 0 Å².